The molecule has 1 amide bonds. The Kier molecular flexibility index (Phi) is 5.95. The zero-order chi connectivity index (χ0) is 15.3. The van der Waals surface area contributed by atoms with Gasteiger partial charge in [0, 0.05) is 18.7 Å². The molecule has 0 aliphatic rings. The molecule has 0 heterocycles. The van der Waals surface area contributed by atoms with E-state index in [1.807, 2.05) is 19.0 Å². The Morgan fingerprint density at radius 2 is 2.05 bits per heavy atom. The molecule has 2 N–H and O–H groups in total. The topological polar surface area (TPSA) is 52.6 Å². The lowest BCUT2D eigenvalue weighted by Gasteiger charge is -2.24. The molecule has 0 bridgehead atoms. The third kappa shape index (κ3) is 5.17. The number of rotatable bonds is 6. The molecule has 0 spiro atoms. The third-order valence-electron chi connectivity index (χ3n) is 2.87. The number of halogens is 1. The van der Waals surface area contributed by atoms with Gasteiger partial charge in [-0.05, 0) is 38.6 Å². The second-order valence-electron chi connectivity index (χ2n) is 5.73. The summed E-state index contributed by atoms with van der Waals surface area (Å²) < 4.78 is 13.6. The summed E-state index contributed by atoms with van der Waals surface area (Å²) in [4.78, 5) is 14.1. The predicted octanol–water partition coefficient (Wildman–Crippen LogP) is 2.24. The Morgan fingerprint density at radius 3 is 2.55 bits per heavy atom. The van der Waals surface area contributed by atoms with Gasteiger partial charge < -0.3 is 15.3 Å². The van der Waals surface area contributed by atoms with E-state index in [-0.39, 0.29) is 17.4 Å². The smallest absolute Gasteiger partial charge is 0.254 e. The highest BCUT2D eigenvalue weighted by molar-refractivity contribution is 5.94. The van der Waals surface area contributed by atoms with Crippen molar-refractivity contribution in [1.82, 2.24) is 10.2 Å². The van der Waals surface area contributed by atoms with Crippen LogP contribution in [0.5, 0.6) is 5.75 Å². The number of amides is 1. The predicted molar refractivity (Wildman–Crippen MR) is 77.3 cm³/mol. The van der Waals surface area contributed by atoms with Crippen molar-refractivity contribution in [1.29, 1.82) is 0 Å². The SMILES string of the molecule is CC(C)CC(CN(C)C)NC(=O)c1ccc(O)cc1F. The fraction of sp³-hybridized carbons (Fsp3) is 0.533. The van der Waals surface area contributed by atoms with Gasteiger partial charge >= 0.3 is 0 Å². The highest BCUT2D eigenvalue weighted by Gasteiger charge is 2.18. The van der Waals surface area contributed by atoms with Crippen LogP contribution >= 0.6 is 0 Å². The first-order valence-corrected chi connectivity index (χ1v) is 6.73. The number of benzene rings is 1. The number of hydrogen-bond donors (Lipinski definition) is 2. The zero-order valence-electron chi connectivity index (χ0n) is 12.5. The molecule has 1 rings (SSSR count). The van der Waals surface area contributed by atoms with Gasteiger partial charge in [-0.3, -0.25) is 4.79 Å². The van der Waals surface area contributed by atoms with Gasteiger partial charge in [-0.25, -0.2) is 4.39 Å². The molecule has 0 aliphatic heterocycles. The summed E-state index contributed by atoms with van der Waals surface area (Å²) >= 11 is 0. The summed E-state index contributed by atoms with van der Waals surface area (Å²) in [5, 5.41) is 12.0. The molecular weight excluding hydrogens is 259 g/mol. The molecule has 0 aromatic heterocycles. The van der Waals surface area contributed by atoms with E-state index < -0.39 is 11.7 Å². The number of hydrogen-bond acceptors (Lipinski definition) is 3. The quantitative estimate of drug-likeness (QED) is 0.841. The second kappa shape index (κ2) is 7.24. The van der Waals surface area contributed by atoms with E-state index in [9.17, 15) is 9.18 Å². The standard InChI is InChI=1S/C15H23FN2O2/c1-10(2)7-11(9-18(3)4)17-15(20)13-6-5-12(19)8-14(13)16/h5-6,8,10-11,19H,7,9H2,1-4H3,(H,17,20). The summed E-state index contributed by atoms with van der Waals surface area (Å²) in [6.45, 7) is 4.86. The lowest BCUT2D eigenvalue weighted by molar-refractivity contribution is 0.0920. The first-order valence-electron chi connectivity index (χ1n) is 6.73. The fourth-order valence-corrected chi connectivity index (χ4v) is 2.14. The molecule has 5 heteroatoms. The molecule has 0 saturated heterocycles. The average molecular weight is 282 g/mol. The van der Waals surface area contributed by atoms with Crippen molar-refractivity contribution in [2.24, 2.45) is 5.92 Å². The van der Waals surface area contributed by atoms with Crippen LogP contribution in [0.4, 0.5) is 4.39 Å². The minimum absolute atomic E-state index is 0.0364. The van der Waals surface area contributed by atoms with E-state index in [4.69, 9.17) is 5.11 Å². The van der Waals surface area contributed by atoms with Gasteiger partial charge in [-0.15, -0.1) is 0 Å². The van der Waals surface area contributed by atoms with Crippen LogP contribution in [0.3, 0.4) is 0 Å². The number of nitrogens with one attached hydrogen (secondary N) is 1. The van der Waals surface area contributed by atoms with E-state index >= 15 is 0 Å². The maximum atomic E-state index is 13.6. The first kappa shape index (κ1) is 16.4. The molecule has 0 saturated carbocycles. The van der Waals surface area contributed by atoms with E-state index in [0.29, 0.717) is 12.5 Å². The number of carbonyl (C=O) groups is 1. The summed E-state index contributed by atoms with van der Waals surface area (Å²) in [5.41, 5.74) is -0.0460. The Labute approximate surface area is 119 Å². The average Bonchev–Trinajstić information content (AvgIpc) is 2.26. The number of aromatic hydroxyl groups is 1. The van der Waals surface area contributed by atoms with Crippen LogP contribution in [0.15, 0.2) is 18.2 Å². The van der Waals surface area contributed by atoms with Crippen molar-refractivity contribution in [2.75, 3.05) is 20.6 Å². The van der Waals surface area contributed by atoms with E-state index in [0.717, 1.165) is 12.5 Å². The second-order valence-corrected chi connectivity index (χ2v) is 5.73. The summed E-state index contributed by atoms with van der Waals surface area (Å²) in [5.74, 6) is -0.915. The maximum absolute atomic E-state index is 13.6. The van der Waals surface area contributed by atoms with Gasteiger partial charge in [0.25, 0.3) is 5.91 Å². The highest BCUT2D eigenvalue weighted by atomic mass is 19.1. The Bertz CT molecular complexity index is 451. The normalized spacial score (nSPS) is 12.8. The number of nitrogens with zero attached hydrogens (tertiary/aromatic N) is 1. The summed E-state index contributed by atoms with van der Waals surface area (Å²) in [7, 11) is 3.86. The van der Waals surface area contributed by atoms with Crippen molar-refractivity contribution in [3.05, 3.63) is 29.6 Å². The van der Waals surface area contributed by atoms with Crippen molar-refractivity contribution in [3.63, 3.8) is 0 Å². The van der Waals surface area contributed by atoms with Gasteiger partial charge in [0.2, 0.25) is 0 Å². The molecule has 0 aliphatic carbocycles. The number of phenolic OH excluding ortho intramolecular Hbond substituents is 1. The van der Waals surface area contributed by atoms with Gasteiger partial charge in [0.1, 0.15) is 11.6 Å². The van der Waals surface area contributed by atoms with Crippen LogP contribution in [0.25, 0.3) is 0 Å². The lowest BCUT2D eigenvalue weighted by atomic mass is 10.0. The van der Waals surface area contributed by atoms with Crippen molar-refractivity contribution < 1.29 is 14.3 Å². The molecule has 112 valence electrons. The van der Waals surface area contributed by atoms with Crippen LogP contribution < -0.4 is 5.32 Å². The van der Waals surface area contributed by atoms with Crippen LogP contribution in [0, 0.1) is 11.7 Å². The van der Waals surface area contributed by atoms with Crippen LogP contribution in [0.2, 0.25) is 0 Å². The van der Waals surface area contributed by atoms with E-state index in [1.165, 1.54) is 12.1 Å². The van der Waals surface area contributed by atoms with Crippen LogP contribution in [-0.2, 0) is 0 Å². The zero-order valence-corrected chi connectivity index (χ0v) is 12.5. The van der Waals surface area contributed by atoms with Crippen molar-refractivity contribution in [2.45, 2.75) is 26.3 Å². The van der Waals surface area contributed by atoms with Crippen molar-refractivity contribution >= 4 is 5.91 Å². The molecule has 1 aromatic carbocycles. The van der Waals surface area contributed by atoms with Gasteiger partial charge in [0.15, 0.2) is 0 Å². The van der Waals surface area contributed by atoms with Crippen LogP contribution in [0.1, 0.15) is 30.6 Å². The highest BCUT2D eigenvalue weighted by Crippen LogP contribution is 2.15. The molecule has 20 heavy (non-hydrogen) atoms. The summed E-state index contributed by atoms with van der Waals surface area (Å²) in [6.07, 6.45) is 0.823. The van der Waals surface area contributed by atoms with Crippen molar-refractivity contribution in [3.8, 4) is 5.75 Å². The Morgan fingerprint density at radius 1 is 1.40 bits per heavy atom. The van der Waals surface area contributed by atoms with Gasteiger partial charge in [0.05, 0.1) is 5.56 Å². The van der Waals surface area contributed by atoms with Gasteiger partial charge in [-0.2, -0.15) is 0 Å². The Balaban J connectivity index is 2.78. The van der Waals surface area contributed by atoms with Crippen LogP contribution in [-0.4, -0.2) is 42.6 Å². The summed E-state index contributed by atoms with van der Waals surface area (Å²) in [6, 6.07) is 3.51. The molecule has 1 atom stereocenters. The number of phenols is 1. The largest absolute Gasteiger partial charge is 0.508 e. The molecule has 1 aromatic rings. The maximum Gasteiger partial charge on any atom is 0.254 e. The molecule has 4 nitrogen and oxygen atoms in total. The minimum atomic E-state index is -0.712. The third-order valence-corrected chi connectivity index (χ3v) is 2.87. The van der Waals surface area contributed by atoms with E-state index in [1.54, 1.807) is 0 Å². The number of likely N-dealkylation sites (N-methyl/N-ethyl adjacent to an activating group) is 1. The Hall–Kier alpha value is -1.62. The lowest BCUT2D eigenvalue weighted by Crippen LogP contribution is -2.42. The van der Waals surface area contributed by atoms with Gasteiger partial charge in [-0.1, -0.05) is 13.8 Å². The molecular formula is C15H23FN2O2. The monoisotopic (exact) mass is 282 g/mol. The fourth-order valence-electron chi connectivity index (χ4n) is 2.14. The molecule has 0 fully saturated rings. The first-order chi connectivity index (χ1) is 9.29. The number of carbonyl (C=O) groups excluding carboxylic acids is 1. The minimum Gasteiger partial charge on any atom is -0.508 e. The molecule has 1 unspecified atom stereocenters. The van der Waals surface area contributed by atoms with E-state index in [2.05, 4.69) is 19.2 Å². The molecule has 0 radical (unpaired) electrons.